The average Bonchev–Trinajstić information content (AvgIpc) is 3.29. The smallest absolute Gasteiger partial charge is 0.283 e. The van der Waals surface area contributed by atoms with Crippen LogP contribution < -0.4 is 14.9 Å². The Balaban J connectivity index is 1.45. The van der Waals surface area contributed by atoms with Crippen LogP contribution in [-0.4, -0.2) is 18.4 Å². The van der Waals surface area contributed by atoms with E-state index in [0.717, 1.165) is 27.1 Å². The lowest BCUT2D eigenvalue weighted by molar-refractivity contribution is 0.0959. The number of carbonyl (C=O) groups is 1. The largest absolute Gasteiger partial charge is 0.454 e. The van der Waals surface area contributed by atoms with Crippen molar-refractivity contribution in [2.75, 3.05) is 6.79 Å². The summed E-state index contributed by atoms with van der Waals surface area (Å²) in [6.07, 6.45) is 3.70. The van der Waals surface area contributed by atoms with Gasteiger partial charge in [-0.05, 0) is 36.8 Å². The molecule has 0 saturated carbocycles. The summed E-state index contributed by atoms with van der Waals surface area (Å²) in [6.45, 7) is 2.05. The summed E-state index contributed by atoms with van der Waals surface area (Å²) in [6, 6.07) is 13.3. The second-order valence-corrected chi connectivity index (χ2v) is 7.31. The molecule has 1 aliphatic heterocycles. The van der Waals surface area contributed by atoms with Crippen LogP contribution in [0, 0.1) is 0 Å². The third-order valence-corrected chi connectivity index (χ3v) is 5.66. The first-order valence-electron chi connectivity index (χ1n) is 8.21. The maximum Gasteiger partial charge on any atom is 0.283 e. The van der Waals surface area contributed by atoms with Crippen molar-refractivity contribution in [1.29, 1.82) is 0 Å². The Kier molecular flexibility index (Phi) is 4.83. The Bertz CT molecular complexity index is 1090. The number of amides is 1. The predicted molar refractivity (Wildman–Crippen MR) is 109 cm³/mol. The Morgan fingerprint density at radius 2 is 2.04 bits per heavy atom. The summed E-state index contributed by atoms with van der Waals surface area (Å²) in [5.74, 6) is 1.14. The highest BCUT2D eigenvalue weighted by atomic mass is 35.5. The van der Waals surface area contributed by atoms with Gasteiger partial charge in [0.05, 0.1) is 10.7 Å². The van der Waals surface area contributed by atoms with Gasteiger partial charge in [0.25, 0.3) is 5.91 Å². The minimum absolute atomic E-state index is 0.245. The van der Waals surface area contributed by atoms with Gasteiger partial charge in [-0.25, -0.2) is 5.43 Å². The Morgan fingerprint density at radius 3 is 2.89 bits per heavy atom. The molecule has 1 aliphatic rings. The predicted octanol–water partition coefficient (Wildman–Crippen LogP) is 5.10. The van der Waals surface area contributed by atoms with Crippen molar-refractivity contribution in [2.24, 2.45) is 5.10 Å². The van der Waals surface area contributed by atoms with Gasteiger partial charge < -0.3 is 9.47 Å². The summed E-state index contributed by atoms with van der Waals surface area (Å²) < 4.78 is 11.6. The molecule has 2 aromatic carbocycles. The van der Waals surface area contributed by atoms with Crippen LogP contribution in [0.3, 0.4) is 0 Å². The normalized spacial score (nSPS) is 13.5. The number of nitrogens with zero attached hydrogens (tertiary/aromatic N) is 1. The van der Waals surface area contributed by atoms with Crippen molar-refractivity contribution < 1.29 is 14.3 Å². The average molecular weight is 399 g/mol. The zero-order valence-corrected chi connectivity index (χ0v) is 15.9. The molecule has 2 heterocycles. The third kappa shape index (κ3) is 3.67. The van der Waals surface area contributed by atoms with Crippen LogP contribution in [0.15, 0.2) is 53.6 Å². The maximum absolute atomic E-state index is 12.4. The van der Waals surface area contributed by atoms with Crippen molar-refractivity contribution in [3.63, 3.8) is 0 Å². The van der Waals surface area contributed by atoms with Gasteiger partial charge in [-0.3, -0.25) is 4.79 Å². The van der Waals surface area contributed by atoms with Crippen LogP contribution in [-0.2, 0) is 0 Å². The van der Waals surface area contributed by atoms with Crippen LogP contribution >= 0.6 is 22.9 Å². The number of carbonyl (C=O) groups excluding carboxylic acids is 1. The van der Waals surface area contributed by atoms with E-state index in [1.54, 1.807) is 6.92 Å². The molecular weight excluding hydrogens is 384 g/mol. The molecule has 1 aromatic heterocycles. The molecule has 0 saturated heterocycles. The molecule has 4 rings (SSSR count). The number of allylic oxidation sites excluding steroid dienone is 1. The highest BCUT2D eigenvalue weighted by Gasteiger charge is 2.16. The minimum atomic E-state index is -0.322. The van der Waals surface area contributed by atoms with E-state index in [-0.39, 0.29) is 12.7 Å². The number of benzene rings is 2. The van der Waals surface area contributed by atoms with Crippen molar-refractivity contribution in [2.45, 2.75) is 6.92 Å². The van der Waals surface area contributed by atoms with Gasteiger partial charge >= 0.3 is 0 Å². The molecule has 0 atom stereocenters. The number of hydrogen-bond donors (Lipinski definition) is 1. The van der Waals surface area contributed by atoms with Crippen molar-refractivity contribution >= 4 is 50.7 Å². The summed E-state index contributed by atoms with van der Waals surface area (Å²) in [7, 11) is 0. The van der Waals surface area contributed by atoms with Gasteiger partial charge in [-0.15, -0.1) is 11.3 Å². The van der Waals surface area contributed by atoms with Crippen LogP contribution in [0.1, 0.15) is 22.2 Å². The van der Waals surface area contributed by atoms with Crippen LogP contribution in [0.2, 0.25) is 5.02 Å². The number of fused-ring (bicyclic) bond motifs is 2. The lowest BCUT2D eigenvalue weighted by Crippen LogP contribution is -2.17. The molecule has 0 radical (unpaired) electrons. The topological polar surface area (TPSA) is 59.9 Å². The first-order chi connectivity index (χ1) is 13.1. The number of hydrazone groups is 1. The van der Waals surface area contributed by atoms with Gasteiger partial charge in [0, 0.05) is 10.1 Å². The Hall–Kier alpha value is -2.83. The van der Waals surface area contributed by atoms with Gasteiger partial charge in [0.1, 0.15) is 4.88 Å². The maximum atomic E-state index is 12.4. The van der Waals surface area contributed by atoms with Gasteiger partial charge in [-0.2, -0.15) is 5.10 Å². The van der Waals surface area contributed by atoms with E-state index in [9.17, 15) is 4.79 Å². The molecule has 3 aromatic rings. The molecule has 0 spiro atoms. The van der Waals surface area contributed by atoms with Gasteiger partial charge in [0.15, 0.2) is 11.5 Å². The van der Waals surface area contributed by atoms with Crippen molar-refractivity contribution in [3.05, 3.63) is 64.0 Å². The first-order valence-corrected chi connectivity index (χ1v) is 9.40. The van der Waals surface area contributed by atoms with E-state index >= 15 is 0 Å². The lowest BCUT2D eigenvalue weighted by Gasteiger charge is -1.99. The van der Waals surface area contributed by atoms with Crippen molar-refractivity contribution in [1.82, 2.24) is 5.43 Å². The standard InChI is InChI=1S/C20H15ClN2O3S/c1-12(6-7-13-8-9-15-16(10-13)26-11-25-15)22-23-20(24)19-18(21)14-4-2-3-5-17(14)27-19/h2-10H,11H2,1H3,(H,23,24). The fraction of sp³-hybridized carbons (Fsp3) is 0.100. The van der Waals surface area contributed by atoms with Crippen LogP contribution in [0.4, 0.5) is 0 Å². The molecule has 7 heteroatoms. The Morgan fingerprint density at radius 1 is 1.22 bits per heavy atom. The number of hydrogen-bond acceptors (Lipinski definition) is 5. The lowest BCUT2D eigenvalue weighted by atomic mass is 10.2. The van der Waals surface area contributed by atoms with E-state index in [4.69, 9.17) is 21.1 Å². The van der Waals surface area contributed by atoms with Crippen LogP contribution in [0.5, 0.6) is 11.5 Å². The second kappa shape index (κ2) is 7.42. The Labute approximate surface area is 164 Å². The van der Waals surface area contributed by atoms with E-state index in [1.807, 2.05) is 54.6 Å². The third-order valence-electron chi connectivity index (χ3n) is 3.99. The molecule has 5 nitrogen and oxygen atoms in total. The number of thiophene rings is 1. The number of ether oxygens (including phenoxy) is 2. The number of nitrogens with one attached hydrogen (secondary N) is 1. The molecule has 0 fully saturated rings. The zero-order chi connectivity index (χ0) is 18.8. The second-order valence-electron chi connectivity index (χ2n) is 5.88. The minimum Gasteiger partial charge on any atom is -0.454 e. The van der Waals surface area contributed by atoms with E-state index in [1.165, 1.54) is 11.3 Å². The highest BCUT2D eigenvalue weighted by molar-refractivity contribution is 7.21. The zero-order valence-electron chi connectivity index (χ0n) is 14.4. The van der Waals surface area contributed by atoms with E-state index in [2.05, 4.69) is 10.5 Å². The number of rotatable bonds is 4. The molecule has 0 bridgehead atoms. The first kappa shape index (κ1) is 17.6. The summed E-state index contributed by atoms with van der Waals surface area (Å²) in [5, 5.41) is 5.45. The SMILES string of the molecule is CC(C=Cc1ccc2c(c1)OCO2)=NNC(=O)c1sc2ccccc2c1Cl. The fourth-order valence-electron chi connectivity index (χ4n) is 2.62. The number of halogens is 1. The quantitative estimate of drug-likeness (QED) is 0.491. The van der Waals surface area contributed by atoms with Gasteiger partial charge in [0.2, 0.25) is 6.79 Å². The highest BCUT2D eigenvalue weighted by Crippen LogP contribution is 2.35. The monoisotopic (exact) mass is 398 g/mol. The van der Waals surface area contributed by atoms with E-state index in [0.29, 0.717) is 15.6 Å². The van der Waals surface area contributed by atoms with Gasteiger partial charge in [-0.1, -0.05) is 41.9 Å². The molecule has 0 aliphatic carbocycles. The molecule has 136 valence electrons. The molecule has 1 N–H and O–H groups in total. The molecular formula is C20H15ClN2O3S. The summed E-state index contributed by atoms with van der Waals surface area (Å²) in [5.41, 5.74) is 4.16. The van der Waals surface area contributed by atoms with E-state index < -0.39 is 0 Å². The molecule has 0 unspecified atom stereocenters. The summed E-state index contributed by atoms with van der Waals surface area (Å²) >= 11 is 7.67. The van der Waals surface area contributed by atoms with Crippen LogP contribution in [0.25, 0.3) is 16.2 Å². The molecule has 1 amide bonds. The fourth-order valence-corrected chi connectivity index (χ4v) is 4.03. The summed E-state index contributed by atoms with van der Waals surface area (Å²) in [4.78, 5) is 12.8. The molecule has 27 heavy (non-hydrogen) atoms. The van der Waals surface area contributed by atoms with Crippen molar-refractivity contribution in [3.8, 4) is 11.5 Å².